The Hall–Kier alpha value is -0.430. The third kappa shape index (κ3) is 3.56. The van der Waals surface area contributed by atoms with Crippen molar-refractivity contribution < 1.29 is 4.74 Å². The van der Waals surface area contributed by atoms with Crippen LogP contribution in [0.15, 0.2) is 0 Å². The minimum Gasteiger partial charge on any atom is -0.373 e. The van der Waals surface area contributed by atoms with Gasteiger partial charge in [-0.25, -0.2) is 9.97 Å². The van der Waals surface area contributed by atoms with E-state index in [4.69, 9.17) is 14.7 Å². The SMILES string of the molecule is CCCNc1nc(C(OC)C2CC2)nc(CC)c1I. The Kier molecular flexibility index (Phi) is 5.38. The Bertz CT molecular complexity index is 435. The molecule has 1 N–H and O–H groups in total. The summed E-state index contributed by atoms with van der Waals surface area (Å²) in [5.74, 6) is 2.42. The van der Waals surface area contributed by atoms with Crippen molar-refractivity contribution in [1.82, 2.24) is 9.97 Å². The van der Waals surface area contributed by atoms with Crippen LogP contribution in [0.2, 0.25) is 0 Å². The number of ether oxygens (including phenoxy) is 1. The van der Waals surface area contributed by atoms with Crippen molar-refractivity contribution in [3.05, 3.63) is 15.1 Å². The molecule has 0 spiro atoms. The molecule has 0 aromatic carbocycles. The Balaban J connectivity index is 2.31. The monoisotopic (exact) mass is 375 g/mol. The van der Waals surface area contributed by atoms with Gasteiger partial charge in [0, 0.05) is 13.7 Å². The van der Waals surface area contributed by atoms with Crippen LogP contribution in [0.25, 0.3) is 0 Å². The Labute approximate surface area is 128 Å². The summed E-state index contributed by atoms with van der Waals surface area (Å²) in [4.78, 5) is 9.40. The molecule has 1 aromatic heterocycles. The van der Waals surface area contributed by atoms with E-state index in [1.165, 1.54) is 12.8 Å². The maximum absolute atomic E-state index is 5.60. The van der Waals surface area contributed by atoms with Gasteiger partial charge in [-0.2, -0.15) is 0 Å². The zero-order chi connectivity index (χ0) is 13.8. The van der Waals surface area contributed by atoms with Crippen molar-refractivity contribution >= 4 is 28.4 Å². The van der Waals surface area contributed by atoms with Crippen molar-refractivity contribution in [2.24, 2.45) is 5.92 Å². The predicted molar refractivity (Wildman–Crippen MR) is 85.4 cm³/mol. The van der Waals surface area contributed by atoms with E-state index in [1.54, 1.807) is 7.11 Å². The first kappa shape index (κ1) is 15.0. The summed E-state index contributed by atoms with van der Waals surface area (Å²) in [5, 5.41) is 3.40. The van der Waals surface area contributed by atoms with Crippen LogP contribution in [0.3, 0.4) is 0 Å². The van der Waals surface area contributed by atoms with Gasteiger partial charge >= 0.3 is 0 Å². The lowest BCUT2D eigenvalue weighted by Gasteiger charge is -2.17. The van der Waals surface area contributed by atoms with Gasteiger partial charge < -0.3 is 10.1 Å². The molecule has 0 aliphatic heterocycles. The molecule has 1 fully saturated rings. The fourth-order valence-electron chi connectivity index (χ4n) is 2.14. The molecule has 2 rings (SSSR count). The summed E-state index contributed by atoms with van der Waals surface area (Å²) in [7, 11) is 1.76. The van der Waals surface area contributed by atoms with Crippen molar-refractivity contribution in [2.75, 3.05) is 19.0 Å². The lowest BCUT2D eigenvalue weighted by molar-refractivity contribution is 0.0771. The first-order valence-corrected chi connectivity index (χ1v) is 8.12. The van der Waals surface area contributed by atoms with E-state index in [0.717, 1.165) is 40.3 Å². The molecule has 0 radical (unpaired) electrons. The predicted octanol–water partition coefficient (Wildman–Crippen LogP) is 3.56. The van der Waals surface area contributed by atoms with Gasteiger partial charge in [-0.15, -0.1) is 0 Å². The zero-order valence-corrected chi connectivity index (χ0v) is 14.0. The summed E-state index contributed by atoms with van der Waals surface area (Å²) in [6, 6.07) is 0. The molecule has 1 unspecified atom stereocenters. The minimum atomic E-state index is 0.0597. The number of anilines is 1. The van der Waals surface area contributed by atoms with Crippen molar-refractivity contribution in [1.29, 1.82) is 0 Å². The number of nitrogens with one attached hydrogen (secondary N) is 1. The maximum atomic E-state index is 5.60. The molecule has 1 atom stereocenters. The van der Waals surface area contributed by atoms with Crippen LogP contribution in [0.5, 0.6) is 0 Å². The highest BCUT2D eigenvalue weighted by atomic mass is 127. The molecule has 1 aliphatic carbocycles. The number of aryl methyl sites for hydroxylation is 1. The quantitative estimate of drug-likeness (QED) is 0.741. The van der Waals surface area contributed by atoms with Crippen LogP contribution < -0.4 is 5.32 Å². The van der Waals surface area contributed by atoms with Crippen LogP contribution in [-0.4, -0.2) is 23.6 Å². The van der Waals surface area contributed by atoms with Crippen LogP contribution in [0, 0.1) is 9.49 Å². The van der Waals surface area contributed by atoms with Gasteiger partial charge in [0.1, 0.15) is 11.9 Å². The minimum absolute atomic E-state index is 0.0597. The van der Waals surface area contributed by atoms with Gasteiger partial charge in [0.2, 0.25) is 0 Å². The maximum Gasteiger partial charge on any atom is 0.160 e. The fraction of sp³-hybridized carbons (Fsp3) is 0.714. The zero-order valence-electron chi connectivity index (χ0n) is 11.9. The molecular formula is C14H22IN3O. The van der Waals surface area contributed by atoms with Gasteiger partial charge in [-0.05, 0) is 54.2 Å². The van der Waals surface area contributed by atoms with Gasteiger partial charge in [0.05, 0.1) is 9.26 Å². The molecule has 0 saturated heterocycles. The van der Waals surface area contributed by atoms with Gasteiger partial charge in [0.15, 0.2) is 5.82 Å². The van der Waals surface area contributed by atoms with Gasteiger partial charge in [0.25, 0.3) is 0 Å². The lowest BCUT2D eigenvalue weighted by Crippen LogP contribution is -2.15. The lowest BCUT2D eigenvalue weighted by atomic mass is 10.2. The third-order valence-electron chi connectivity index (χ3n) is 3.37. The standard InChI is InChI=1S/C14H22IN3O/c1-4-8-16-13-11(15)10(5-2)17-14(18-13)12(19-3)9-6-7-9/h9,12H,4-8H2,1-3H3,(H,16,17,18). The molecule has 5 heteroatoms. The van der Waals surface area contributed by atoms with E-state index < -0.39 is 0 Å². The highest BCUT2D eigenvalue weighted by Gasteiger charge is 2.35. The van der Waals surface area contributed by atoms with Crippen molar-refractivity contribution in [2.45, 2.75) is 45.6 Å². The largest absolute Gasteiger partial charge is 0.373 e. The van der Waals surface area contributed by atoms with Crippen molar-refractivity contribution in [3.8, 4) is 0 Å². The second kappa shape index (κ2) is 6.83. The number of methoxy groups -OCH3 is 1. The second-order valence-electron chi connectivity index (χ2n) is 4.97. The highest BCUT2D eigenvalue weighted by molar-refractivity contribution is 14.1. The van der Waals surface area contributed by atoms with Gasteiger partial charge in [-0.1, -0.05) is 13.8 Å². The average molecular weight is 375 g/mol. The van der Waals surface area contributed by atoms with E-state index in [-0.39, 0.29) is 6.10 Å². The average Bonchev–Trinajstić information content (AvgIpc) is 3.24. The molecule has 19 heavy (non-hydrogen) atoms. The number of nitrogens with zero attached hydrogens (tertiary/aromatic N) is 2. The first-order chi connectivity index (χ1) is 9.21. The van der Waals surface area contributed by atoms with Crippen molar-refractivity contribution in [3.63, 3.8) is 0 Å². The molecular weight excluding hydrogens is 353 g/mol. The number of hydrogen-bond donors (Lipinski definition) is 1. The number of halogens is 1. The molecule has 1 heterocycles. The topological polar surface area (TPSA) is 47.0 Å². The summed E-state index contributed by atoms with van der Waals surface area (Å²) in [6.45, 7) is 5.23. The number of rotatable bonds is 7. The van der Waals surface area contributed by atoms with Crippen LogP contribution >= 0.6 is 22.6 Å². The van der Waals surface area contributed by atoms with Crippen LogP contribution in [0.4, 0.5) is 5.82 Å². The first-order valence-electron chi connectivity index (χ1n) is 7.04. The third-order valence-corrected chi connectivity index (χ3v) is 4.51. The molecule has 4 nitrogen and oxygen atoms in total. The molecule has 1 aromatic rings. The molecule has 106 valence electrons. The van der Waals surface area contributed by atoms with Gasteiger partial charge in [-0.3, -0.25) is 0 Å². The summed E-state index contributed by atoms with van der Waals surface area (Å²) in [6.07, 6.45) is 4.53. The molecule has 1 aliphatic rings. The van der Waals surface area contributed by atoms with E-state index >= 15 is 0 Å². The van der Waals surface area contributed by atoms with E-state index in [2.05, 4.69) is 41.8 Å². The smallest absolute Gasteiger partial charge is 0.160 e. The molecule has 0 amide bonds. The number of hydrogen-bond acceptors (Lipinski definition) is 4. The summed E-state index contributed by atoms with van der Waals surface area (Å²) >= 11 is 2.34. The normalized spacial score (nSPS) is 16.4. The highest BCUT2D eigenvalue weighted by Crippen LogP contribution is 2.42. The second-order valence-corrected chi connectivity index (χ2v) is 6.04. The fourth-order valence-corrected chi connectivity index (χ4v) is 2.96. The Morgan fingerprint density at radius 2 is 2.11 bits per heavy atom. The molecule has 0 bridgehead atoms. The number of aromatic nitrogens is 2. The summed E-state index contributed by atoms with van der Waals surface area (Å²) in [5.41, 5.74) is 1.12. The Morgan fingerprint density at radius 3 is 2.63 bits per heavy atom. The van der Waals surface area contributed by atoms with Crippen LogP contribution in [0.1, 0.15) is 50.7 Å². The Morgan fingerprint density at radius 1 is 1.37 bits per heavy atom. The van der Waals surface area contributed by atoms with E-state index in [0.29, 0.717) is 5.92 Å². The van der Waals surface area contributed by atoms with Crippen LogP contribution in [-0.2, 0) is 11.2 Å². The van der Waals surface area contributed by atoms with E-state index in [1.807, 2.05) is 0 Å². The van der Waals surface area contributed by atoms with E-state index in [9.17, 15) is 0 Å². The molecule has 1 saturated carbocycles. The summed E-state index contributed by atoms with van der Waals surface area (Å²) < 4.78 is 6.75.